The van der Waals surface area contributed by atoms with Crippen molar-refractivity contribution in [1.82, 2.24) is 9.97 Å². The van der Waals surface area contributed by atoms with Gasteiger partial charge in [-0.15, -0.1) is 11.3 Å². The largest absolute Gasteiger partial charge is 0.464 e. The Morgan fingerprint density at radius 3 is 2.81 bits per heavy atom. The Morgan fingerprint density at radius 1 is 1.31 bits per heavy atom. The van der Waals surface area contributed by atoms with Crippen molar-refractivity contribution in [3.8, 4) is 11.3 Å². The molecular formula is C17H15N3O4S2. The predicted molar refractivity (Wildman–Crippen MR) is 99.4 cm³/mol. The fraction of sp³-hybridized carbons (Fsp3) is 0.176. The zero-order valence-corrected chi connectivity index (χ0v) is 15.4. The number of anilines is 1. The number of nitrogens with zero attached hydrogens (tertiary/aromatic N) is 2. The summed E-state index contributed by atoms with van der Waals surface area (Å²) >= 11 is 2.46. The van der Waals surface area contributed by atoms with E-state index in [9.17, 15) is 9.59 Å². The number of hydrogen-bond acceptors (Lipinski definition) is 8. The van der Waals surface area contributed by atoms with Crippen LogP contribution in [0.1, 0.15) is 17.3 Å². The molecule has 1 amide bonds. The van der Waals surface area contributed by atoms with Crippen molar-refractivity contribution in [2.45, 2.75) is 12.1 Å². The van der Waals surface area contributed by atoms with E-state index >= 15 is 0 Å². The number of rotatable bonds is 7. The summed E-state index contributed by atoms with van der Waals surface area (Å²) in [6, 6.07) is 5.19. The van der Waals surface area contributed by atoms with E-state index in [-0.39, 0.29) is 18.3 Å². The highest BCUT2D eigenvalue weighted by Crippen LogP contribution is 2.36. The summed E-state index contributed by atoms with van der Waals surface area (Å²) in [4.78, 5) is 32.7. The van der Waals surface area contributed by atoms with Gasteiger partial charge in [0.15, 0.2) is 5.16 Å². The maximum absolute atomic E-state index is 12.4. The summed E-state index contributed by atoms with van der Waals surface area (Å²) in [7, 11) is 0. The van der Waals surface area contributed by atoms with E-state index in [1.807, 2.05) is 0 Å². The van der Waals surface area contributed by atoms with E-state index in [0.29, 0.717) is 27.0 Å². The van der Waals surface area contributed by atoms with Crippen LogP contribution in [0.3, 0.4) is 0 Å². The molecule has 0 bridgehead atoms. The number of thiophene rings is 1. The van der Waals surface area contributed by atoms with Crippen molar-refractivity contribution in [3.05, 3.63) is 47.8 Å². The fourth-order valence-corrected chi connectivity index (χ4v) is 3.68. The molecule has 7 nitrogen and oxygen atoms in total. The first kappa shape index (κ1) is 18.2. The minimum absolute atomic E-state index is 0.125. The maximum Gasteiger partial charge on any atom is 0.341 e. The second-order valence-corrected chi connectivity index (χ2v) is 6.74. The highest BCUT2D eigenvalue weighted by Gasteiger charge is 2.24. The van der Waals surface area contributed by atoms with Crippen molar-refractivity contribution in [2.75, 3.05) is 17.7 Å². The smallest absolute Gasteiger partial charge is 0.341 e. The predicted octanol–water partition coefficient (Wildman–Crippen LogP) is 3.71. The molecule has 0 spiro atoms. The molecule has 9 heteroatoms. The Bertz CT molecular complexity index is 879. The molecule has 0 aliphatic heterocycles. The number of amides is 1. The van der Waals surface area contributed by atoms with Gasteiger partial charge in [0.05, 0.1) is 18.6 Å². The molecule has 0 unspecified atom stereocenters. The lowest BCUT2D eigenvalue weighted by Gasteiger charge is -2.07. The average molecular weight is 389 g/mol. The van der Waals surface area contributed by atoms with Crippen LogP contribution in [0.5, 0.6) is 0 Å². The molecular weight excluding hydrogens is 374 g/mol. The first-order valence-corrected chi connectivity index (χ1v) is 9.57. The normalized spacial score (nSPS) is 10.5. The van der Waals surface area contributed by atoms with Crippen LogP contribution in [-0.4, -0.2) is 34.2 Å². The topological polar surface area (TPSA) is 94.3 Å². The van der Waals surface area contributed by atoms with Gasteiger partial charge in [0.1, 0.15) is 16.3 Å². The van der Waals surface area contributed by atoms with Crippen LogP contribution in [0.25, 0.3) is 11.3 Å². The number of carbonyl (C=O) groups excluding carboxylic acids is 2. The van der Waals surface area contributed by atoms with E-state index in [1.54, 1.807) is 42.9 Å². The summed E-state index contributed by atoms with van der Waals surface area (Å²) in [5.74, 6) is -0.104. The van der Waals surface area contributed by atoms with E-state index < -0.39 is 5.97 Å². The third-order valence-electron chi connectivity index (χ3n) is 3.18. The van der Waals surface area contributed by atoms with Crippen molar-refractivity contribution >= 4 is 40.0 Å². The van der Waals surface area contributed by atoms with E-state index in [2.05, 4.69) is 15.3 Å². The van der Waals surface area contributed by atoms with Gasteiger partial charge in [0.2, 0.25) is 5.91 Å². The van der Waals surface area contributed by atoms with Gasteiger partial charge < -0.3 is 14.5 Å². The minimum Gasteiger partial charge on any atom is -0.464 e. The van der Waals surface area contributed by atoms with Gasteiger partial charge in [0, 0.05) is 23.3 Å². The Hall–Kier alpha value is -2.65. The van der Waals surface area contributed by atoms with E-state index in [1.165, 1.54) is 29.4 Å². The van der Waals surface area contributed by atoms with Gasteiger partial charge in [-0.25, -0.2) is 14.8 Å². The van der Waals surface area contributed by atoms with Crippen molar-refractivity contribution in [2.24, 2.45) is 0 Å². The van der Waals surface area contributed by atoms with Gasteiger partial charge in [-0.1, -0.05) is 11.8 Å². The van der Waals surface area contributed by atoms with Crippen molar-refractivity contribution < 1.29 is 18.7 Å². The SMILES string of the molecule is CCOC(=O)c1c(-c2ccco2)csc1NC(=O)CSc1ncccn1. The molecule has 0 fully saturated rings. The van der Waals surface area contributed by atoms with Gasteiger partial charge in [0.25, 0.3) is 0 Å². The van der Waals surface area contributed by atoms with Crippen molar-refractivity contribution in [3.63, 3.8) is 0 Å². The molecule has 0 aromatic carbocycles. The first-order valence-electron chi connectivity index (χ1n) is 7.71. The van der Waals surface area contributed by atoms with Gasteiger partial charge in [-0.2, -0.15) is 0 Å². The lowest BCUT2D eigenvalue weighted by molar-refractivity contribution is -0.113. The number of esters is 1. The van der Waals surface area contributed by atoms with E-state index in [0.717, 1.165) is 0 Å². The van der Waals surface area contributed by atoms with Crippen LogP contribution in [0, 0.1) is 0 Å². The molecule has 1 N–H and O–H groups in total. The molecule has 0 atom stereocenters. The minimum atomic E-state index is -0.505. The molecule has 3 aromatic rings. The number of thioether (sulfide) groups is 1. The second-order valence-electron chi connectivity index (χ2n) is 4.92. The number of furan rings is 1. The summed E-state index contributed by atoms with van der Waals surface area (Å²) in [6.07, 6.45) is 4.75. The lowest BCUT2D eigenvalue weighted by Crippen LogP contribution is -2.16. The van der Waals surface area contributed by atoms with Gasteiger partial charge in [-0.05, 0) is 25.1 Å². The average Bonchev–Trinajstić information content (AvgIpc) is 3.30. The van der Waals surface area contributed by atoms with Gasteiger partial charge >= 0.3 is 5.97 Å². The van der Waals surface area contributed by atoms with Gasteiger partial charge in [-0.3, -0.25) is 4.79 Å². The number of ether oxygens (including phenoxy) is 1. The summed E-state index contributed by atoms with van der Waals surface area (Å²) in [6.45, 7) is 1.96. The second kappa shape index (κ2) is 8.63. The molecule has 0 saturated heterocycles. The number of aromatic nitrogens is 2. The molecule has 134 valence electrons. The third-order valence-corrected chi connectivity index (χ3v) is 4.96. The summed E-state index contributed by atoms with van der Waals surface area (Å²) < 4.78 is 10.5. The molecule has 3 heterocycles. The molecule has 0 saturated carbocycles. The monoisotopic (exact) mass is 389 g/mol. The van der Waals surface area contributed by atoms with Crippen LogP contribution in [0.2, 0.25) is 0 Å². The van der Waals surface area contributed by atoms with Crippen LogP contribution >= 0.6 is 23.1 Å². The number of hydrogen-bond donors (Lipinski definition) is 1. The Balaban J connectivity index is 1.76. The highest BCUT2D eigenvalue weighted by molar-refractivity contribution is 7.99. The molecule has 0 radical (unpaired) electrons. The van der Waals surface area contributed by atoms with Crippen LogP contribution in [0.15, 0.2) is 51.8 Å². The summed E-state index contributed by atoms with van der Waals surface area (Å²) in [5, 5.41) is 5.46. The van der Waals surface area contributed by atoms with Crippen LogP contribution in [0.4, 0.5) is 5.00 Å². The van der Waals surface area contributed by atoms with Crippen LogP contribution < -0.4 is 5.32 Å². The van der Waals surface area contributed by atoms with E-state index in [4.69, 9.17) is 9.15 Å². The Morgan fingerprint density at radius 2 is 2.12 bits per heavy atom. The fourth-order valence-electron chi connectivity index (χ4n) is 2.12. The number of carbonyl (C=O) groups is 2. The molecule has 3 aromatic heterocycles. The Labute approximate surface area is 157 Å². The summed E-state index contributed by atoms with van der Waals surface area (Å²) in [5.41, 5.74) is 0.883. The Kier molecular flexibility index (Phi) is 6.03. The molecule has 0 aliphatic carbocycles. The molecule has 0 aliphatic rings. The highest BCUT2D eigenvalue weighted by atomic mass is 32.2. The molecule has 3 rings (SSSR count). The third kappa shape index (κ3) is 4.30. The standard InChI is InChI=1S/C17H15N3O4S2/c1-2-23-16(22)14-11(12-5-3-8-24-12)9-25-15(14)20-13(21)10-26-17-18-6-4-7-19-17/h3-9H,2,10H2,1H3,(H,20,21). The quantitative estimate of drug-likeness (QED) is 0.374. The zero-order chi connectivity index (χ0) is 18.4. The maximum atomic E-state index is 12.4. The zero-order valence-electron chi connectivity index (χ0n) is 13.8. The van der Waals surface area contributed by atoms with Crippen LogP contribution in [-0.2, 0) is 9.53 Å². The first-order chi connectivity index (χ1) is 12.7. The van der Waals surface area contributed by atoms with Crippen molar-refractivity contribution in [1.29, 1.82) is 0 Å². The number of nitrogens with one attached hydrogen (secondary N) is 1. The molecule has 26 heavy (non-hydrogen) atoms. The lowest BCUT2D eigenvalue weighted by atomic mass is 10.1.